The maximum atomic E-state index is 5.93. The molecular weight excluding hydrogens is 278 g/mol. The molecule has 21 heavy (non-hydrogen) atoms. The second kappa shape index (κ2) is 7.63. The fourth-order valence-corrected chi connectivity index (χ4v) is 2.66. The first-order chi connectivity index (χ1) is 10.1. The molecule has 0 fully saturated rings. The summed E-state index contributed by atoms with van der Waals surface area (Å²) < 4.78 is 0. The van der Waals surface area contributed by atoms with Gasteiger partial charge < -0.3 is 5.32 Å². The first-order valence-electron chi connectivity index (χ1n) is 7.66. The summed E-state index contributed by atoms with van der Waals surface area (Å²) in [6.07, 6.45) is 1.09. The largest absolute Gasteiger partial charge is 0.306 e. The lowest BCUT2D eigenvalue weighted by atomic mass is 9.94. The van der Waals surface area contributed by atoms with Gasteiger partial charge in [-0.1, -0.05) is 68.8 Å². The van der Waals surface area contributed by atoms with E-state index in [9.17, 15) is 0 Å². The van der Waals surface area contributed by atoms with E-state index in [0.717, 1.165) is 18.0 Å². The van der Waals surface area contributed by atoms with Crippen LogP contribution in [0.4, 0.5) is 0 Å². The fourth-order valence-electron chi connectivity index (χ4n) is 2.53. The zero-order valence-corrected chi connectivity index (χ0v) is 13.8. The highest BCUT2D eigenvalue weighted by atomic mass is 35.5. The van der Waals surface area contributed by atoms with Crippen molar-refractivity contribution in [3.05, 3.63) is 70.2 Å². The van der Waals surface area contributed by atoms with Gasteiger partial charge in [0.2, 0.25) is 0 Å². The van der Waals surface area contributed by atoms with Gasteiger partial charge in [0.05, 0.1) is 0 Å². The molecule has 2 aromatic rings. The van der Waals surface area contributed by atoms with Crippen molar-refractivity contribution in [2.75, 3.05) is 0 Å². The Morgan fingerprint density at radius 3 is 2.00 bits per heavy atom. The molecule has 1 nitrogen and oxygen atoms in total. The quantitative estimate of drug-likeness (QED) is 0.754. The van der Waals surface area contributed by atoms with Crippen molar-refractivity contribution in [2.24, 2.45) is 5.92 Å². The van der Waals surface area contributed by atoms with Crippen molar-refractivity contribution >= 4 is 11.6 Å². The highest BCUT2D eigenvalue weighted by molar-refractivity contribution is 6.30. The summed E-state index contributed by atoms with van der Waals surface area (Å²) in [5.74, 6) is 0.546. The third-order valence-electron chi connectivity index (χ3n) is 3.85. The Balaban J connectivity index is 2.06. The van der Waals surface area contributed by atoms with Crippen LogP contribution in [0.5, 0.6) is 0 Å². The van der Waals surface area contributed by atoms with Gasteiger partial charge >= 0.3 is 0 Å². The summed E-state index contributed by atoms with van der Waals surface area (Å²) in [5, 5.41) is 4.45. The van der Waals surface area contributed by atoms with Gasteiger partial charge in [-0.25, -0.2) is 0 Å². The van der Waals surface area contributed by atoms with Crippen molar-refractivity contribution in [3.63, 3.8) is 0 Å². The molecule has 1 unspecified atom stereocenters. The first-order valence-corrected chi connectivity index (χ1v) is 8.04. The second-order valence-corrected chi connectivity index (χ2v) is 6.26. The van der Waals surface area contributed by atoms with E-state index in [0.29, 0.717) is 12.0 Å². The van der Waals surface area contributed by atoms with Gasteiger partial charge in [0.1, 0.15) is 0 Å². The molecule has 1 atom stereocenters. The van der Waals surface area contributed by atoms with Crippen LogP contribution in [-0.4, -0.2) is 0 Å². The molecule has 0 aromatic heterocycles. The van der Waals surface area contributed by atoms with E-state index in [-0.39, 0.29) is 0 Å². The number of hydrogen-bond acceptors (Lipinski definition) is 1. The van der Waals surface area contributed by atoms with Crippen LogP contribution in [0, 0.1) is 5.92 Å². The topological polar surface area (TPSA) is 12.0 Å². The summed E-state index contributed by atoms with van der Waals surface area (Å²) in [7, 11) is 0. The van der Waals surface area contributed by atoms with E-state index in [2.05, 4.69) is 62.5 Å². The molecule has 0 saturated heterocycles. The van der Waals surface area contributed by atoms with Gasteiger partial charge in [-0.15, -0.1) is 0 Å². The lowest BCUT2D eigenvalue weighted by molar-refractivity contribution is 0.410. The molecule has 0 aliphatic rings. The summed E-state index contributed by atoms with van der Waals surface area (Å²) in [5.41, 5.74) is 4.00. The molecule has 0 spiro atoms. The molecular formula is C19H24ClN. The van der Waals surface area contributed by atoms with Gasteiger partial charge in [0.15, 0.2) is 0 Å². The Morgan fingerprint density at radius 1 is 0.905 bits per heavy atom. The van der Waals surface area contributed by atoms with Crippen LogP contribution in [0.15, 0.2) is 48.5 Å². The van der Waals surface area contributed by atoms with Crippen LogP contribution in [0.2, 0.25) is 5.02 Å². The zero-order valence-electron chi connectivity index (χ0n) is 13.1. The van der Waals surface area contributed by atoms with Gasteiger partial charge in [0.25, 0.3) is 0 Å². The van der Waals surface area contributed by atoms with Gasteiger partial charge in [-0.05, 0) is 41.2 Å². The summed E-state index contributed by atoms with van der Waals surface area (Å²) in [6, 6.07) is 17.4. The van der Waals surface area contributed by atoms with Crippen molar-refractivity contribution < 1.29 is 0 Å². The van der Waals surface area contributed by atoms with E-state index in [1.54, 1.807) is 0 Å². The van der Waals surface area contributed by atoms with Crippen LogP contribution >= 0.6 is 11.6 Å². The molecule has 2 heteroatoms. The average Bonchev–Trinajstić information content (AvgIpc) is 2.49. The molecule has 2 rings (SSSR count). The normalized spacial score (nSPS) is 12.6. The molecule has 0 aliphatic heterocycles. The van der Waals surface area contributed by atoms with Crippen LogP contribution in [0.3, 0.4) is 0 Å². The lowest BCUT2D eigenvalue weighted by Gasteiger charge is -2.23. The van der Waals surface area contributed by atoms with Gasteiger partial charge in [-0.3, -0.25) is 0 Å². The maximum absolute atomic E-state index is 5.93. The lowest BCUT2D eigenvalue weighted by Crippen LogP contribution is -2.25. The van der Waals surface area contributed by atoms with E-state index >= 15 is 0 Å². The predicted octanol–water partition coefficient (Wildman–Crippen LogP) is 5.39. The SMILES string of the molecule is CCc1ccc(C(NCc2ccc(Cl)cc2)C(C)C)cc1. The Morgan fingerprint density at radius 2 is 1.48 bits per heavy atom. The molecule has 0 heterocycles. The van der Waals surface area contributed by atoms with Crippen molar-refractivity contribution in [1.29, 1.82) is 0 Å². The minimum atomic E-state index is 0.367. The standard InChI is InChI=1S/C19H24ClN/c1-4-15-5-9-17(10-6-15)19(14(2)3)21-13-16-7-11-18(20)12-8-16/h5-12,14,19,21H,4,13H2,1-3H3. The fraction of sp³-hybridized carbons (Fsp3) is 0.368. The number of benzene rings is 2. The minimum Gasteiger partial charge on any atom is -0.306 e. The summed E-state index contributed by atoms with van der Waals surface area (Å²) in [4.78, 5) is 0. The van der Waals surface area contributed by atoms with Crippen LogP contribution in [-0.2, 0) is 13.0 Å². The third-order valence-corrected chi connectivity index (χ3v) is 4.11. The zero-order chi connectivity index (χ0) is 15.2. The third kappa shape index (κ3) is 4.59. The Labute approximate surface area is 133 Å². The van der Waals surface area contributed by atoms with Crippen LogP contribution in [0.25, 0.3) is 0 Å². The number of rotatable bonds is 6. The molecule has 2 aromatic carbocycles. The first kappa shape index (κ1) is 16.1. The Bertz CT molecular complexity index is 543. The summed E-state index contributed by atoms with van der Waals surface area (Å²) >= 11 is 5.93. The van der Waals surface area contributed by atoms with E-state index in [1.165, 1.54) is 16.7 Å². The van der Waals surface area contributed by atoms with E-state index in [1.807, 2.05) is 12.1 Å². The number of halogens is 1. The maximum Gasteiger partial charge on any atom is 0.0406 e. The monoisotopic (exact) mass is 301 g/mol. The Kier molecular flexibility index (Phi) is 5.84. The van der Waals surface area contributed by atoms with E-state index in [4.69, 9.17) is 11.6 Å². The molecule has 112 valence electrons. The van der Waals surface area contributed by atoms with E-state index < -0.39 is 0 Å². The van der Waals surface area contributed by atoms with Gasteiger partial charge in [-0.2, -0.15) is 0 Å². The molecule has 0 bridgehead atoms. The number of nitrogens with one attached hydrogen (secondary N) is 1. The predicted molar refractivity (Wildman–Crippen MR) is 91.7 cm³/mol. The molecule has 0 saturated carbocycles. The molecule has 0 radical (unpaired) electrons. The Hall–Kier alpha value is -1.31. The number of hydrogen-bond donors (Lipinski definition) is 1. The highest BCUT2D eigenvalue weighted by Gasteiger charge is 2.15. The van der Waals surface area contributed by atoms with Crippen LogP contribution in [0.1, 0.15) is 43.5 Å². The van der Waals surface area contributed by atoms with Crippen molar-refractivity contribution in [1.82, 2.24) is 5.32 Å². The highest BCUT2D eigenvalue weighted by Crippen LogP contribution is 2.23. The van der Waals surface area contributed by atoms with Crippen molar-refractivity contribution in [2.45, 2.75) is 39.8 Å². The minimum absolute atomic E-state index is 0.367. The van der Waals surface area contributed by atoms with Gasteiger partial charge in [0, 0.05) is 17.6 Å². The molecule has 0 amide bonds. The molecule has 0 aliphatic carbocycles. The second-order valence-electron chi connectivity index (χ2n) is 5.82. The smallest absolute Gasteiger partial charge is 0.0406 e. The molecule has 1 N–H and O–H groups in total. The van der Waals surface area contributed by atoms with Crippen molar-refractivity contribution in [3.8, 4) is 0 Å². The summed E-state index contributed by atoms with van der Waals surface area (Å²) in [6.45, 7) is 7.56. The average molecular weight is 302 g/mol. The van der Waals surface area contributed by atoms with Crippen LogP contribution < -0.4 is 5.32 Å². The number of aryl methyl sites for hydroxylation is 1.